The lowest BCUT2D eigenvalue weighted by molar-refractivity contribution is 0.160. The minimum Gasteiger partial charge on any atom is -0.334 e. The molecule has 0 saturated carbocycles. The first kappa shape index (κ1) is 18.4. The first-order valence-electron chi connectivity index (χ1n) is 9.27. The number of urea groups is 1. The van der Waals surface area contributed by atoms with E-state index in [0.29, 0.717) is 12.6 Å². The number of likely N-dealkylation sites (tertiary alicyclic amines) is 1. The van der Waals surface area contributed by atoms with Crippen molar-refractivity contribution in [2.45, 2.75) is 38.3 Å². The van der Waals surface area contributed by atoms with Gasteiger partial charge in [-0.1, -0.05) is 6.42 Å². The number of pyridine rings is 1. The van der Waals surface area contributed by atoms with E-state index in [2.05, 4.69) is 27.3 Å². The van der Waals surface area contributed by atoms with Crippen LogP contribution in [0.2, 0.25) is 0 Å². The fourth-order valence-corrected chi connectivity index (χ4v) is 3.37. The highest BCUT2D eigenvalue weighted by atomic mass is 16.2. The van der Waals surface area contributed by atoms with Gasteiger partial charge in [-0.3, -0.25) is 0 Å². The number of piperidine rings is 1. The molecule has 26 heavy (non-hydrogen) atoms. The van der Waals surface area contributed by atoms with Gasteiger partial charge in [0.05, 0.1) is 0 Å². The summed E-state index contributed by atoms with van der Waals surface area (Å²) < 4.78 is 1.71. The van der Waals surface area contributed by atoms with E-state index in [1.165, 1.54) is 25.8 Å². The molecule has 3 heterocycles. The molecule has 0 radical (unpaired) electrons. The average Bonchev–Trinajstić information content (AvgIpc) is 3.20. The molecule has 7 heteroatoms. The molecular formula is C19H28N6O. The van der Waals surface area contributed by atoms with Gasteiger partial charge >= 0.3 is 6.03 Å². The van der Waals surface area contributed by atoms with Crippen LogP contribution in [0.5, 0.6) is 0 Å². The molecule has 1 N–H and O–H groups in total. The molecule has 2 aromatic rings. The molecule has 0 aliphatic carbocycles. The Kier molecular flexibility index (Phi) is 6.22. The number of hydrogen-bond acceptors (Lipinski definition) is 4. The van der Waals surface area contributed by atoms with E-state index in [0.717, 1.165) is 24.3 Å². The van der Waals surface area contributed by atoms with Crippen LogP contribution in [0.25, 0.3) is 5.82 Å². The minimum atomic E-state index is -0.0408. The number of nitrogens with one attached hydrogen (secondary N) is 1. The molecule has 0 aromatic carbocycles. The Balaban J connectivity index is 1.46. The Morgan fingerprint density at radius 3 is 3.04 bits per heavy atom. The molecular weight excluding hydrogens is 328 g/mol. The summed E-state index contributed by atoms with van der Waals surface area (Å²) in [5.41, 5.74) is 0.999. The van der Waals surface area contributed by atoms with Crippen LogP contribution in [0.4, 0.5) is 4.79 Å². The summed E-state index contributed by atoms with van der Waals surface area (Å²) in [5, 5.41) is 7.17. The molecule has 3 rings (SSSR count). The highest BCUT2D eigenvalue weighted by Gasteiger charge is 2.19. The van der Waals surface area contributed by atoms with Crippen molar-refractivity contribution in [2.24, 2.45) is 0 Å². The number of rotatable bonds is 6. The van der Waals surface area contributed by atoms with Gasteiger partial charge in [-0.25, -0.2) is 14.5 Å². The van der Waals surface area contributed by atoms with Gasteiger partial charge in [0, 0.05) is 44.8 Å². The van der Waals surface area contributed by atoms with E-state index in [4.69, 9.17) is 0 Å². The Hall–Kier alpha value is -2.41. The van der Waals surface area contributed by atoms with Crippen LogP contribution in [-0.2, 0) is 6.54 Å². The van der Waals surface area contributed by atoms with E-state index in [1.54, 1.807) is 22.0 Å². The summed E-state index contributed by atoms with van der Waals surface area (Å²) in [4.78, 5) is 20.9. The molecule has 2 aromatic heterocycles. The van der Waals surface area contributed by atoms with Crippen molar-refractivity contribution < 1.29 is 4.79 Å². The van der Waals surface area contributed by atoms with Crippen molar-refractivity contribution in [1.29, 1.82) is 0 Å². The number of nitrogens with zero attached hydrogens (tertiary/aromatic N) is 5. The molecule has 7 nitrogen and oxygen atoms in total. The third kappa shape index (κ3) is 4.82. The molecule has 0 bridgehead atoms. The third-order valence-electron chi connectivity index (χ3n) is 5.06. The summed E-state index contributed by atoms with van der Waals surface area (Å²) >= 11 is 0. The van der Waals surface area contributed by atoms with Gasteiger partial charge in [-0.05, 0) is 56.6 Å². The summed E-state index contributed by atoms with van der Waals surface area (Å²) in [6.45, 7) is 2.42. The molecule has 1 unspecified atom stereocenters. The van der Waals surface area contributed by atoms with E-state index in [-0.39, 0.29) is 6.03 Å². The van der Waals surface area contributed by atoms with Gasteiger partial charge < -0.3 is 15.1 Å². The van der Waals surface area contributed by atoms with E-state index in [9.17, 15) is 4.79 Å². The SMILES string of the molecule is CN(CCC1CCCCN1C)C(=O)NCc1ccnc(-n2cccn2)c1. The van der Waals surface area contributed by atoms with Crippen LogP contribution in [0, 0.1) is 0 Å². The molecule has 1 aliphatic rings. The van der Waals surface area contributed by atoms with E-state index >= 15 is 0 Å². The lowest BCUT2D eigenvalue weighted by atomic mass is 10.00. The van der Waals surface area contributed by atoms with Gasteiger partial charge in [0.1, 0.15) is 0 Å². The van der Waals surface area contributed by atoms with Gasteiger partial charge in [0.25, 0.3) is 0 Å². The summed E-state index contributed by atoms with van der Waals surface area (Å²) in [6, 6.07) is 6.25. The first-order chi connectivity index (χ1) is 12.6. The number of hydrogen-bond donors (Lipinski definition) is 1. The topological polar surface area (TPSA) is 66.3 Å². The van der Waals surface area contributed by atoms with Crippen molar-refractivity contribution in [3.8, 4) is 5.82 Å². The van der Waals surface area contributed by atoms with Crippen LogP contribution >= 0.6 is 0 Å². The van der Waals surface area contributed by atoms with Gasteiger partial charge in [0.15, 0.2) is 5.82 Å². The zero-order valence-electron chi connectivity index (χ0n) is 15.6. The van der Waals surface area contributed by atoms with Gasteiger partial charge in [-0.15, -0.1) is 0 Å². The Bertz CT molecular complexity index is 702. The summed E-state index contributed by atoms with van der Waals surface area (Å²) in [7, 11) is 4.05. The molecule has 2 amide bonds. The van der Waals surface area contributed by atoms with Crippen LogP contribution in [0.15, 0.2) is 36.8 Å². The zero-order chi connectivity index (χ0) is 18.4. The second-order valence-electron chi connectivity index (χ2n) is 6.97. The second kappa shape index (κ2) is 8.80. The lowest BCUT2D eigenvalue weighted by Gasteiger charge is -2.33. The van der Waals surface area contributed by atoms with Crippen molar-refractivity contribution in [2.75, 3.05) is 27.2 Å². The fraction of sp³-hybridized carbons (Fsp3) is 0.526. The van der Waals surface area contributed by atoms with Crippen molar-refractivity contribution in [1.82, 2.24) is 29.9 Å². The van der Waals surface area contributed by atoms with Gasteiger partial charge in [0.2, 0.25) is 0 Å². The molecule has 1 saturated heterocycles. The molecule has 140 valence electrons. The fourth-order valence-electron chi connectivity index (χ4n) is 3.37. The minimum absolute atomic E-state index is 0.0408. The molecule has 0 spiro atoms. The quantitative estimate of drug-likeness (QED) is 0.862. The smallest absolute Gasteiger partial charge is 0.317 e. The maximum Gasteiger partial charge on any atom is 0.317 e. The van der Waals surface area contributed by atoms with Crippen LogP contribution < -0.4 is 5.32 Å². The third-order valence-corrected chi connectivity index (χ3v) is 5.06. The zero-order valence-corrected chi connectivity index (χ0v) is 15.6. The van der Waals surface area contributed by atoms with E-state index in [1.807, 2.05) is 31.4 Å². The number of carbonyl (C=O) groups is 1. The molecule has 1 atom stereocenters. The monoisotopic (exact) mass is 356 g/mol. The Labute approximate surface area is 155 Å². The maximum atomic E-state index is 12.4. The van der Waals surface area contributed by atoms with Crippen LogP contribution in [0.3, 0.4) is 0 Å². The summed E-state index contributed by atoms with van der Waals surface area (Å²) in [6.07, 6.45) is 10.1. The largest absolute Gasteiger partial charge is 0.334 e. The predicted octanol–water partition coefficient (Wildman–Crippen LogP) is 2.28. The Morgan fingerprint density at radius 2 is 2.27 bits per heavy atom. The summed E-state index contributed by atoms with van der Waals surface area (Å²) in [5.74, 6) is 0.746. The Morgan fingerprint density at radius 1 is 1.38 bits per heavy atom. The maximum absolute atomic E-state index is 12.4. The van der Waals surface area contributed by atoms with Gasteiger partial charge in [-0.2, -0.15) is 5.10 Å². The molecule has 1 fully saturated rings. The number of carbonyl (C=O) groups excluding carboxylic acids is 1. The number of amides is 2. The lowest BCUT2D eigenvalue weighted by Crippen LogP contribution is -2.42. The van der Waals surface area contributed by atoms with E-state index < -0.39 is 0 Å². The second-order valence-corrected chi connectivity index (χ2v) is 6.97. The van der Waals surface area contributed by atoms with Crippen LogP contribution in [-0.4, -0.2) is 63.8 Å². The van der Waals surface area contributed by atoms with Crippen molar-refractivity contribution >= 4 is 6.03 Å². The first-order valence-corrected chi connectivity index (χ1v) is 9.27. The normalized spacial score (nSPS) is 17.8. The van der Waals surface area contributed by atoms with Crippen molar-refractivity contribution in [3.63, 3.8) is 0 Å². The highest BCUT2D eigenvalue weighted by molar-refractivity contribution is 5.73. The standard InChI is InChI=1S/C19H28N6O/c1-23-11-4-3-6-17(23)8-13-24(2)19(26)21-15-16-7-10-20-18(14-16)25-12-5-9-22-25/h5,7,9-10,12,14,17H,3-4,6,8,11,13,15H2,1-2H3,(H,21,26). The van der Waals surface area contributed by atoms with Crippen LogP contribution in [0.1, 0.15) is 31.2 Å². The van der Waals surface area contributed by atoms with Crippen molar-refractivity contribution in [3.05, 3.63) is 42.4 Å². The predicted molar refractivity (Wildman–Crippen MR) is 101 cm³/mol. The highest BCUT2D eigenvalue weighted by Crippen LogP contribution is 2.17. The average molecular weight is 356 g/mol. The number of aromatic nitrogens is 3. The molecule has 1 aliphatic heterocycles.